The lowest BCUT2D eigenvalue weighted by Gasteiger charge is -2.13. The van der Waals surface area contributed by atoms with Crippen LogP contribution in [0.2, 0.25) is 0 Å². The van der Waals surface area contributed by atoms with Crippen LogP contribution in [0, 0.1) is 0 Å². The second kappa shape index (κ2) is 3.21. The average Bonchev–Trinajstić information content (AvgIpc) is 2.59. The molecule has 0 radical (unpaired) electrons. The van der Waals surface area contributed by atoms with Crippen molar-refractivity contribution < 1.29 is 0 Å². The minimum Gasteiger partial charge on any atom is -0.272 e. The highest BCUT2D eigenvalue weighted by Crippen LogP contribution is 2.38. The molecule has 2 nitrogen and oxygen atoms in total. The Balaban J connectivity index is 2.24. The van der Waals surface area contributed by atoms with Crippen molar-refractivity contribution in [1.29, 1.82) is 0 Å². The first kappa shape index (κ1) is 8.30. The number of aromatic nitrogens is 2. The van der Waals surface area contributed by atoms with Gasteiger partial charge in [0.1, 0.15) is 0 Å². The Bertz CT molecular complexity index is 269. The average molecular weight is 229 g/mol. The summed E-state index contributed by atoms with van der Waals surface area (Å²) >= 11 is 3.72. The van der Waals surface area contributed by atoms with Crippen LogP contribution in [0.1, 0.15) is 30.9 Å². The molecule has 1 aliphatic rings. The smallest absolute Gasteiger partial charge is 0.0492 e. The van der Waals surface area contributed by atoms with Gasteiger partial charge < -0.3 is 0 Å². The molecular formula is C9H13BrN2. The summed E-state index contributed by atoms with van der Waals surface area (Å²) in [6.07, 6.45) is 5.82. The van der Waals surface area contributed by atoms with Crippen molar-refractivity contribution in [1.82, 2.24) is 9.78 Å². The normalized spacial score (nSPS) is 29.5. The first-order chi connectivity index (χ1) is 5.79. The molecule has 0 spiro atoms. The summed E-state index contributed by atoms with van der Waals surface area (Å²) in [6.45, 7) is 0. The summed E-state index contributed by atoms with van der Waals surface area (Å²) in [6, 6.07) is 2.13. The summed E-state index contributed by atoms with van der Waals surface area (Å²) in [5.74, 6) is 0.678. The molecule has 0 amide bonds. The van der Waals surface area contributed by atoms with E-state index in [1.807, 2.05) is 17.9 Å². The van der Waals surface area contributed by atoms with Gasteiger partial charge in [-0.1, -0.05) is 22.4 Å². The largest absolute Gasteiger partial charge is 0.272 e. The molecule has 0 aliphatic heterocycles. The lowest BCUT2D eigenvalue weighted by Crippen LogP contribution is -2.09. The van der Waals surface area contributed by atoms with Gasteiger partial charge >= 0.3 is 0 Å². The molecule has 2 unspecified atom stereocenters. The number of hydrogen-bond acceptors (Lipinski definition) is 1. The number of rotatable bonds is 1. The molecule has 0 N–H and O–H groups in total. The maximum atomic E-state index is 4.19. The lowest BCUT2D eigenvalue weighted by atomic mass is 10.0. The zero-order valence-electron chi connectivity index (χ0n) is 7.20. The molecule has 0 aromatic carbocycles. The summed E-state index contributed by atoms with van der Waals surface area (Å²) in [5.41, 5.74) is 1.37. The molecule has 1 aromatic heterocycles. The van der Waals surface area contributed by atoms with E-state index in [1.54, 1.807) is 0 Å². The first-order valence-corrected chi connectivity index (χ1v) is 5.32. The Morgan fingerprint density at radius 2 is 2.42 bits per heavy atom. The Labute approximate surface area is 81.1 Å². The van der Waals surface area contributed by atoms with Crippen molar-refractivity contribution in [2.24, 2.45) is 7.05 Å². The molecule has 1 saturated carbocycles. The zero-order chi connectivity index (χ0) is 8.55. The van der Waals surface area contributed by atoms with Gasteiger partial charge in [-0.25, -0.2) is 0 Å². The molecule has 0 saturated heterocycles. The fourth-order valence-electron chi connectivity index (χ4n) is 2.00. The van der Waals surface area contributed by atoms with E-state index >= 15 is 0 Å². The van der Waals surface area contributed by atoms with Crippen LogP contribution in [0.25, 0.3) is 0 Å². The highest BCUT2D eigenvalue weighted by atomic mass is 79.9. The molecule has 12 heavy (non-hydrogen) atoms. The van der Waals surface area contributed by atoms with Crippen LogP contribution in [0.15, 0.2) is 12.3 Å². The van der Waals surface area contributed by atoms with E-state index < -0.39 is 0 Å². The molecule has 1 aliphatic carbocycles. The highest BCUT2D eigenvalue weighted by Gasteiger charge is 2.27. The SMILES string of the molecule is Cn1nccc1C1CCCC1Br. The van der Waals surface area contributed by atoms with E-state index in [-0.39, 0.29) is 0 Å². The van der Waals surface area contributed by atoms with Crippen LogP contribution in [0.4, 0.5) is 0 Å². The summed E-state index contributed by atoms with van der Waals surface area (Å²) in [4.78, 5) is 0.660. The van der Waals surface area contributed by atoms with E-state index in [0.717, 1.165) is 0 Å². The van der Waals surface area contributed by atoms with Crippen LogP contribution in [0.3, 0.4) is 0 Å². The number of hydrogen-bond donors (Lipinski definition) is 0. The lowest BCUT2D eigenvalue weighted by molar-refractivity contribution is 0.627. The Kier molecular flexibility index (Phi) is 2.22. The van der Waals surface area contributed by atoms with Gasteiger partial charge in [-0.3, -0.25) is 4.68 Å². The topological polar surface area (TPSA) is 17.8 Å². The second-order valence-electron chi connectivity index (χ2n) is 3.43. The second-order valence-corrected chi connectivity index (χ2v) is 4.61. The fourth-order valence-corrected chi connectivity index (χ4v) is 2.85. The predicted molar refractivity (Wildman–Crippen MR) is 52.5 cm³/mol. The van der Waals surface area contributed by atoms with Gasteiger partial charge in [0.05, 0.1) is 0 Å². The number of nitrogens with zero attached hydrogens (tertiary/aromatic N) is 2. The van der Waals surface area contributed by atoms with E-state index in [4.69, 9.17) is 0 Å². The first-order valence-electron chi connectivity index (χ1n) is 4.41. The summed E-state index contributed by atoms with van der Waals surface area (Å²) < 4.78 is 1.99. The molecule has 1 fully saturated rings. The Morgan fingerprint density at radius 3 is 2.92 bits per heavy atom. The third-order valence-corrected chi connectivity index (χ3v) is 3.77. The molecule has 1 aromatic rings. The van der Waals surface area contributed by atoms with Crippen LogP contribution in [0.5, 0.6) is 0 Å². The molecule has 1 heterocycles. The minimum atomic E-state index is 0.660. The minimum absolute atomic E-state index is 0.660. The maximum absolute atomic E-state index is 4.19. The molecule has 2 atom stereocenters. The van der Waals surface area contributed by atoms with Gasteiger partial charge in [0.2, 0.25) is 0 Å². The predicted octanol–water partition coefficient (Wildman–Crippen LogP) is 2.45. The summed E-state index contributed by atoms with van der Waals surface area (Å²) in [5, 5.41) is 4.19. The molecule has 2 rings (SSSR count). The van der Waals surface area contributed by atoms with Crippen LogP contribution in [-0.4, -0.2) is 14.6 Å². The molecule has 0 bridgehead atoms. The van der Waals surface area contributed by atoms with Gasteiger partial charge in [-0.15, -0.1) is 0 Å². The highest BCUT2D eigenvalue weighted by molar-refractivity contribution is 9.09. The Hall–Kier alpha value is -0.310. The monoisotopic (exact) mass is 228 g/mol. The number of alkyl halides is 1. The van der Waals surface area contributed by atoms with Gasteiger partial charge in [0, 0.05) is 29.7 Å². The van der Waals surface area contributed by atoms with E-state index in [0.29, 0.717) is 10.7 Å². The van der Waals surface area contributed by atoms with Crippen molar-refractivity contribution in [3.63, 3.8) is 0 Å². The van der Waals surface area contributed by atoms with Gasteiger partial charge in [-0.2, -0.15) is 5.10 Å². The van der Waals surface area contributed by atoms with Crippen molar-refractivity contribution in [3.8, 4) is 0 Å². The zero-order valence-corrected chi connectivity index (χ0v) is 8.79. The quantitative estimate of drug-likeness (QED) is 0.676. The maximum Gasteiger partial charge on any atom is 0.0492 e. The number of aryl methyl sites for hydroxylation is 1. The fraction of sp³-hybridized carbons (Fsp3) is 0.667. The van der Waals surface area contributed by atoms with Crippen LogP contribution < -0.4 is 0 Å². The third kappa shape index (κ3) is 1.30. The van der Waals surface area contributed by atoms with E-state index in [9.17, 15) is 0 Å². The van der Waals surface area contributed by atoms with E-state index in [2.05, 4.69) is 27.1 Å². The van der Waals surface area contributed by atoms with Crippen molar-refractivity contribution in [2.45, 2.75) is 30.0 Å². The Morgan fingerprint density at radius 1 is 1.58 bits per heavy atom. The van der Waals surface area contributed by atoms with Gasteiger partial charge in [0.25, 0.3) is 0 Å². The molecular weight excluding hydrogens is 216 g/mol. The van der Waals surface area contributed by atoms with Crippen molar-refractivity contribution >= 4 is 15.9 Å². The van der Waals surface area contributed by atoms with Gasteiger partial charge in [0.15, 0.2) is 0 Å². The molecule has 3 heteroatoms. The number of halogens is 1. The molecule has 66 valence electrons. The third-order valence-electron chi connectivity index (χ3n) is 2.67. The summed E-state index contributed by atoms with van der Waals surface area (Å²) in [7, 11) is 2.02. The van der Waals surface area contributed by atoms with Crippen molar-refractivity contribution in [2.75, 3.05) is 0 Å². The van der Waals surface area contributed by atoms with Gasteiger partial charge in [-0.05, 0) is 18.9 Å². The van der Waals surface area contributed by atoms with Crippen molar-refractivity contribution in [3.05, 3.63) is 18.0 Å². The van der Waals surface area contributed by atoms with Crippen LogP contribution in [-0.2, 0) is 7.05 Å². The standard InChI is InChI=1S/C9H13BrN2/c1-12-9(5-6-11-12)7-3-2-4-8(7)10/h5-8H,2-4H2,1H3. The van der Waals surface area contributed by atoms with E-state index in [1.165, 1.54) is 25.0 Å². The van der Waals surface area contributed by atoms with Crippen LogP contribution >= 0.6 is 15.9 Å².